The van der Waals surface area contributed by atoms with Gasteiger partial charge in [0.15, 0.2) is 0 Å². The predicted molar refractivity (Wildman–Crippen MR) is 86.5 cm³/mol. The highest BCUT2D eigenvalue weighted by Gasteiger charge is 2.24. The summed E-state index contributed by atoms with van der Waals surface area (Å²) in [5, 5.41) is 9.99. The van der Waals surface area contributed by atoms with Gasteiger partial charge in [-0.05, 0) is 11.6 Å². The fraction of sp³-hybridized carbons (Fsp3) is 0.400. The summed E-state index contributed by atoms with van der Waals surface area (Å²) in [5.74, 6) is -1.03. The van der Waals surface area contributed by atoms with Crippen LogP contribution in [0.25, 0.3) is 6.08 Å². The van der Waals surface area contributed by atoms with Crippen molar-refractivity contribution in [1.82, 2.24) is 4.72 Å². The average Bonchev–Trinajstić information content (AvgIpc) is 2.34. The minimum atomic E-state index is -3.70. The van der Waals surface area contributed by atoms with Gasteiger partial charge in [-0.3, -0.25) is 4.79 Å². The summed E-state index contributed by atoms with van der Waals surface area (Å²) in [6.07, 6.45) is 1.22. The molecular weight excluding hydrogens is 304 g/mol. The summed E-state index contributed by atoms with van der Waals surface area (Å²) in [5.41, 5.74) is 0.759. The fourth-order valence-electron chi connectivity index (χ4n) is 2.02. The first-order valence-corrected chi connectivity index (χ1v) is 8.40. The fourth-order valence-corrected chi connectivity index (χ4v) is 3.06. The molecule has 22 heavy (non-hydrogen) atoms. The molecule has 0 unspecified atom stereocenters. The highest BCUT2D eigenvalue weighted by atomic mass is 32.2. The first kappa shape index (κ1) is 18.3. The lowest BCUT2D eigenvalue weighted by molar-refractivity contribution is -0.871. The first-order valence-electron chi connectivity index (χ1n) is 6.85. The number of carboxylic acids is 1. The van der Waals surface area contributed by atoms with Gasteiger partial charge in [-0.1, -0.05) is 30.3 Å². The molecule has 1 aromatic rings. The summed E-state index contributed by atoms with van der Waals surface area (Å²) < 4.78 is 27.1. The molecule has 0 bridgehead atoms. The zero-order valence-electron chi connectivity index (χ0n) is 13.1. The van der Waals surface area contributed by atoms with Gasteiger partial charge >= 0.3 is 5.97 Å². The Kier molecular flexibility index (Phi) is 6.28. The molecule has 0 aliphatic heterocycles. The van der Waals surface area contributed by atoms with Crippen molar-refractivity contribution in [3.8, 4) is 0 Å². The van der Waals surface area contributed by atoms with Crippen molar-refractivity contribution in [3.05, 3.63) is 41.3 Å². The molecule has 1 atom stereocenters. The van der Waals surface area contributed by atoms with Gasteiger partial charge in [0.2, 0.25) is 10.0 Å². The van der Waals surface area contributed by atoms with E-state index >= 15 is 0 Å². The molecule has 1 rings (SSSR count). The van der Waals surface area contributed by atoms with Crippen LogP contribution in [0.5, 0.6) is 0 Å². The predicted octanol–water partition coefficient (Wildman–Crippen LogP) is 1.13. The minimum Gasteiger partial charge on any atom is -0.481 e. The van der Waals surface area contributed by atoms with Gasteiger partial charge in [-0.25, -0.2) is 13.1 Å². The number of carboxylic acid groups (broad SMARTS) is 1. The maximum atomic E-state index is 12.1. The standard InChI is InChI=1S/C15H22N2O4S/c1-17(2,3)12-14(11-15(18)19)16-22(20,21)10-9-13-7-5-4-6-8-13/h4-10,14,16H,11-12H2,1-3H3/p+1/t14-/m1/s1. The number of aliphatic carboxylic acids is 1. The van der Waals surface area contributed by atoms with Crippen LogP contribution in [-0.4, -0.2) is 57.7 Å². The quantitative estimate of drug-likeness (QED) is 0.701. The van der Waals surface area contributed by atoms with E-state index in [1.165, 1.54) is 6.08 Å². The summed E-state index contributed by atoms with van der Waals surface area (Å²) in [4.78, 5) is 10.9. The Morgan fingerprint density at radius 1 is 1.27 bits per heavy atom. The highest BCUT2D eigenvalue weighted by Crippen LogP contribution is 2.06. The topological polar surface area (TPSA) is 83.5 Å². The van der Waals surface area contributed by atoms with Crippen molar-refractivity contribution in [2.75, 3.05) is 27.7 Å². The van der Waals surface area contributed by atoms with Crippen molar-refractivity contribution < 1.29 is 22.8 Å². The summed E-state index contributed by atoms with van der Waals surface area (Å²) in [6.45, 7) is 0.380. The van der Waals surface area contributed by atoms with E-state index in [9.17, 15) is 13.2 Å². The Labute approximate surface area is 131 Å². The number of benzene rings is 1. The zero-order valence-corrected chi connectivity index (χ0v) is 13.9. The molecule has 0 radical (unpaired) electrons. The van der Waals surface area contributed by atoms with Crippen LogP contribution in [0.3, 0.4) is 0 Å². The molecule has 7 heteroatoms. The maximum absolute atomic E-state index is 12.1. The Morgan fingerprint density at radius 3 is 2.36 bits per heavy atom. The van der Waals surface area contributed by atoms with Crippen LogP contribution in [0.1, 0.15) is 12.0 Å². The van der Waals surface area contributed by atoms with Gasteiger partial charge in [-0.15, -0.1) is 0 Å². The van der Waals surface area contributed by atoms with Crippen molar-refractivity contribution in [1.29, 1.82) is 0 Å². The third kappa shape index (κ3) is 7.92. The van der Waals surface area contributed by atoms with E-state index in [0.717, 1.165) is 11.0 Å². The normalized spacial score (nSPS) is 14.1. The van der Waals surface area contributed by atoms with Gasteiger partial charge in [0.25, 0.3) is 0 Å². The van der Waals surface area contributed by atoms with Crippen molar-refractivity contribution >= 4 is 22.1 Å². The summed E-state index contributed by atoms with van der Waals surface area (Å²) >= 11 is 0. The van der Waals surface area contributed by atoms with Crippen LogP contribution in [0.2, 0.25) is 0 Å². The molecule has 6 nitrogen and oxygen atoms in total. The number of hydrogen-bond acceptors (Lipinski definition) is 3. The van der Waals surface area contributed by atoms with E-state index in [-0.39, 0.29) is 6.42 Å². The minimum absolute atomic E-state index is 0.256. The zero-order chi connectivity index (χ0) is 16.8. The lowest BCUT2D eigenvalue weighted by atomic mass is 10.2. The van der Waals surface area contributed by atoms with Gasteiger partial charge in [-0.2, -0.15) is 0 Å². The monoisotopic (exact) mass is 327 g/mol. The summed E-state index contributed by atoms with van der Waals surface area (Å²) in [6, 6.07) is 8.37. The number of hydrogen-bond donors (Lipinski definition) is 2. The molecule has 0 aromatic heterocycles. The second kappa shape index (κ2) is 7.53. The summed E-state index contributed by atoms with van der Waals surface area (Å²) in [7, 11) is 1.93. The first-order chi connectivity index (χ1) is 10.1. The molecule has 0 saturated heterocycles. The second-order valence-corrected chi connectivity index (χ2v) is 7.74. The van der Waals surface area contributed by atoms with Gasteiger partial charge in [0.05, 0.1) is 40.2 Å². The Bertz CT molecular complexity index is 619. The molecule has 0 amide bonds. The third-order valence-electron chi connectivity index (χ3n) is 2.76. The molecule has 1 aromatic carbocycles. The largest absolute Gasteiger partial charge is 0.481 e. The van der Waals surface area contributed by atoms with Crippen molar-refractivity contribution in [2.24, 2.45) is 0 Å². The maximum Gasteiger partial charge on any atom is 0.305 e. The van der Waals surface area contributed by atoms with Gasteiger partial charge < -0.3 is 9.59 Å². The van der Waals surface area contributed by atoms with Crippen molar-refractivity contribution in [3.63, 3.8) is 0 Å². The Morgan fingerprint density at radius 2 is 1.86 bits per heavy atom. The van der Waals surface area contributed by atoms with E-state index in [0.29, 0.717) is 11.0 Å². The van der Waals surface area contributed by atoms with Crippen LogP contribution < -0.4 is 4.72 Å². The molecule has 0 heterocycles. The van der Waals surface area contributed by atoms with Crippen LogP contribution in [-0.2, 0) is 14.8 Å². The van der Waals surface area contributed by atoms with E-state index in [2.05, 4.69) is 4.72 Å². The molecular formula is C15H23N2O4S+. The van der Waals surface area contributed by atoms with E-state index < -0.39 is 22.0 Å². The van der Waals surface area contributed by atoms with Gasteiger partial charge in [0.1, 0.15) is 0 Å². The highest BCUT2D eigenvalue weighted by molar-refractivity contribution is 7.92. The molecule has 0 spiro atoms. The van der Waals surface area contributed by atoms with Crippen LogP contribution in [0.4, 0.5) is 0 Å². The average molecular weight is 327 g/mol. The van der Waals surface area contributed by atoms with E-state index in [4.69, 9.17) is 5.11 Å². The molecule has 2 N–H and O–H groups in total. The smallest absolute Gasteiger partial charge is 0.305 e. The molecule has 0 aliphatic carbocycles. The van der Waals surface area contributed by atoms with Crippen LogP contribution in [0.15, 0.2) is 35.7 Å². The second-order valence-electron chi connectivity index (χ2n) is 6.14. The molecule has 0 saturated carbocycles. The molecule has 0 fully saturated rings. The van der Waals surface area contributed by atoms with Gasteiger partial charge in [0, 0.05) is 5.41 Å². The van der Waals surface area contributed by atoms with Crippen molar-refractivity contribution in [2.45, 2.75) is 12.5 Å². The number of likely N-dealkylation sites (N-methyl/N-ethyl adjacent to an activating group) is 1. The molecule has 0 aliphatic rings. The number of nitrogens with zero attached hydrogens (tertiary/aromatic N) is 1. The number of quaternary nitrogens is 1. The lowest BCUT2D eigenvalue weighted by Gasteiger charge is -2.28. The number of nitrogens with one attached hydrogen (secondary N) is 1. The number of carbonyl (C=O) groups is 1. The Balaban J connectivity index is 2.81. The van der Waals surface area contributed by atoms with E-state index in [1.54, 1.807) is 12.1 Å². The molecule has 122 valence electrons. The Hall–Kier alpha value is -1.70. The number of rotatable bonds is 8. The van der Waals surface area contributed by atoms with Crippen LogP contribution in [0, 0.1) is 0 Å². The number of sulfonamides is 1. The lowest BCUT2D eigenvalue weighted by Crippen LogP contribution is -2.49. The van der Waals surface area contributed by atoms with E-state index in [1.807, 2.05) is 39.3 Å². The SMILES string of the molecule is C[N+](C)(C)C[C@@H](CC(=O)O)NS(=O)(=O)C=Cc1ccccc1. The third-order valence-corrected chi connectivity index (χ3v) is 3.92. The van der Waals surface area contributed by atoms with Crippen LogP contribution >= 0.6 is 0 Å².